The van der Waals surface area contributed by atoms with Gasteiger partial charge in [0.05, 0.1) is 0 Å². The number of rotatable bonds is 2. The van der Waals surface area contributed by atoms with Crippen LogP contribution in [0.3, 0.4) is 0 Å². The summed E-state index contributed by atoms with van der Waals surface area (Å²) < 4.78 is 0. The minimum atomic E-state index is 0.119. The van der Waals surface area contributed by atoms with Gasteiger partial charge in [-0.2, -0.15) is 0 Å². The fraction of sp³-hybridized carbons (Fsp3) is 0.200. The third-order valence-corrected chi connectivity index (χ3v) is 3.73. The maximum atomic E-state index is 3.51. The first-order valence-corrected chi connectivity index (χ1v) is 7.39. The molecule has 0 atom stereocenters. The second-order valence-electron chi connectivity index (χ2n) is 6.49. The van der Waals surface area contributed by atoms with Gasteiger partial charge in [0, 0.05) is 11.4 Å². The molecule has 0 saturated heterocycles. The van der Waals surface area contributed by atoms with Crippen molar-refractivity contribution in [3.8, 4) is 0 Å². The Morgan fingerprint density at radius 3 is 2.10 bits per heavy atom. The van der Waals surface area contributed by atoms with Gasteiger partial charge in [-0.3, -0.25) is 0 Å². The summed E-state index contributed by atoms with van der Waals surface area (Å²) in [6.07, 6.45) is 0. The molecule has 3 rings (SSSR count). The lowest BCUT2D eigenvalue weighted by atomic mass is 9.83. The van der Waals surface area contributed by atoms with Crippen LogP contribution in [0.4, 0.5) is 11.4 Å². The largest absolute Gasteiger partial charge is 0.356 e. The highest BCUT2D eigenvalue weighted by atomic mass is 14.9. The van der Waals surface area contributed by atoms with E-state index in [2.05, 4.69) is 74.6 Å². The van der Waals surface area contributed by atoms with Crippen LogP contribution in [-0.4, -0.2) is 0 Å². The number of fused-ring (bicyclic) bond motifs is 1. The van der Waals surface area contributed by atoms with Crippen molar-refractivity contribution in [2.75, 3.05) is 5.32 Å². The van der Waals surface area contributed by atoms with Gasteiger partial charge >= 0.3 is 0 Å². The summed E-state index contributed by atoms with van der Waals surface area (Å²) in [6.45, 7) is 6.79. The molecule has 21 heavy (non-hydrogen) atoms. The molecule has 0 fully saturated rings. The fourth-order valence-electron chi connectivity index (χ4n) is 2.69. The molecule has 0 radical (unpaired) electrons. The molecule has 1 N–H and O–H groups in total. The second-order valence-corrected chi connectivity index (χ2v) is 6.49. The molecule has 3 aromatic carbocycles. The van der Waals surface area contributed by atoms with Crippen molar-refractivity contribution in [2.45, 2.75) is 26.2 Å². The minimum Gasteiger partial charge on any atom is -0.356 e. The van der Waals surface area contributed by atoms with E-state index in [1.807, 2.05) is 18.2 Å². The van der Waals surface area contributed by atoms with E-state index in [1.165, 1.54) is 16.3 Å². The van der Waals surface area contributed by atoms with Gasteiger partial charge in [-0.1, -0.05) is 63.2 Å². The van der Waals surface area contributed by atoms with Crippen LogP contribution in [-0.2, 0) is 5.41 Å². The van der Waals surface area contributed by atoms with Gasteiger partial charge in [0.2, 0.25) is 0 Å². The van der Waals surface area contributed by atoms with Crippen LogP contribution < -0.4 is 5.32 Å². The molecule has 0 unspecified atom stereocenters. The van der Waals surface area contributed by atoms with E-state index >= 15 is 0 Å². The monoisotopic (exact) mass is 275 g/mol. The first kappa shape index (κ1) is 13.7. The Balaban J connectivity index is 2.12. The predicted molar refractivity (Wildman–Crippen MR) is 92.4 cm³/mol. The van der Waals surface area contributed by atoms with Gasteiger partial charge in [-0.15, -0.1) is 0 Å². The van der Waals surface area contributed by atoms with Crippen molar-refractivity contribution >= 4 is 22.1 Å². The van der Waals surface area contributed by atoms with E-state index in [1.54, 1.807) is 0 Å². The molecule has 0 bridgehead atoms. The zero-order chi connectivity index (χ0) is 14.9. The van der Waals surface area contributed by atoms with Gasteiger partial charge in [0.25, 0.3) is 0 Å². The van der Waals surface area contributed by atoms with E-state index in [0.29, 0.717) is 0 Å². The number of anilines is 2. The lowest BCUT2D eigenvalue weighted by molar-refractivity contribution is 0.596. The Bertz CT molecular complexity index is 752. The lowest BCUT2D eigenvalue weighted by Crippen LogP contribution is -2.12. The zero-order valence-corrected chi connectivity index (χ0v) is 12.9. The Morgan fingerprint density at radius 1 is 0.714 bits per heavy atom. The van der Waals surface area contributed by atoms with E-state index in [0.717, 1.165) is 11.4 Å². The van der Waals surface area contributed by atoms with Crippen molar-refractivity contribution in [2.24, 2.45) is 0 Å². The van der Waals surface area contributed by atoms with Crippen LogP contribution in [0, 0.1) is 0 Å². The highest BCUT2D eigenvalue weighted by Gasteiger charge is 2.17. The van der Waals surface area contributed by atoms with Crippen LogP contribution in [0.5, 0.6) is 0 Å². The smallest absolute Gasteiger partial charge is 0.0393 e. The summed E-state index contributed by atoms with van der Waals surface area (Å²) in [4.78, 5) is 0. The summed E-state index contributed by atoms with van der Waals surface area (Å²) in [6, 6.07) is 23.4. The van der Waals surface area contributed by atoms with E-state index in [4.69, 9.17) is 0 Å². The summed E-state index contributed by atoms with van der Waals surface area (Å²) in [7, 11) is 0. The molecule has 1 heteroatoms. The zero-order valence-electron chi connectivity index (χ0n) is 12.9. The SMILES string of the molecule is CC(C)(C)c1cc(Nc2ccccc2)cc2ccccc12. The molecule has 106 valence electrons. The Hall–Kier alpha value is -2.28. The van der Waals surface area contributed by atoms with Crippen LogP contribution >= 0.6 is 0 Å². The van der Waals surface area contributed by atoms with Gasteiger partial charge < -0.3 is 5.32 Å². The molecule has 0 saturated carbocycles. The van der Waals surface area contributed by atoms with Gasteiger partial charge in [0.15, 0.2) is 0 Å². The molecule has 0 aromatic heterocycles. The molecule has 0 heterocycles. The number of nitrogens with one attached hydrogen (secondary N) is 1. The van der Waals surface area contributed by atoms with Gasteiger partial charge in [-0.05, 0) is 46.0 Å². The average molecular weight is 275 g/mol. The van der Waals surface area contributed by atoms with Crippen molar-refractivity contribution < 1.29 is 0 Å². The van der Waals surface area contributed by atoms with Crippen LogP contribution in [0.2, 0.25) is 0 Å². The Kier molecular flexibility index (Phi) is 3.42. The molecule has 3 aromatic rings. The topological polar surface area (TPSA) is 12.0 Å². The maximum Gasteiger partial charge on any atom is 0.0393 e. The summed E-state index contributed by atoms with van der Waals surface area (Å²) in [5, 5.41) is 6.13. The maximum absolute atomic E-state index is 3.51. The highest BCUT2D eigenvalue weighted by Crippen LogP contribution is 2.33. The normalized spacial score (nSPS) is 11.6. The van der Waals surface area contributed by atoms with Crippen LogP contribution in [0.1, 0.15) is 26.3 Å². The van der Waals surface area contributed by atoms with Crippen molar-refractivity contribution in [1.82, 2.24) is 0 Å². The average Bonchev–Trinajstić information content (AvgIpc) is 2.46. The van der Waals surface area contributed by atoms with Crippen LogP contribution in [0.25, 0.3) is 10.8 Å². The van der Waals surface area contributed by atoms with Crippen molar-refractivity contribution in [3.63, 3.8) is 0 Å². The van der Waals surface area contributed by atoms with Crippen molar-refractivity contribution in [1.29, 1.82) is 0 Å². The van der Waals surface area contributed by atoms with Gasteiger partial charge in [0.1, 0.15) is 0 Å². The number of benzene rings is 3. The number of hydrogen-bond acceptors (Lipinski definition) is 1. The summed E-state index contributed by atoms with van der Waals surface area (Å²) in [5.74, 6) is 0. The molecule has 0 aliphatic carbocycles. The number of hydrogen-bond donors (Lipinski definition) is 1. The molecular formula is C20H21N. The summed E-state index contributed by atoms with van der Waals surface area (Å²) >= 11 is 0. The Morgan fingerprint density at radius 2 is 1.38 bits per heavy atom. The van der Waals surface area contributed by atoms with E-state index in [-0.39, 0.29) is 5.41 Å². The molecule has 0 aliphatic rings. The predicted octanol–water partition coefficient (Wildman–Crippen LogP) is 5.88. The van der Waals surface area contributed by atoms with Gasteiger partial charge in [-0.25, -0.2) is 0 Å². The van der Waals surface area contributed by atoms with E-state index in [9.17, 15) is 0 Å². The minimum absolute atomic E-state index is 0.119. The molecule has 0 amide bonds. The first-order valence-electron chi connectivity index (χ1n) is 7.39. The molecule has 0 aliphatic heterocycles. The number of para-hydroxylation sites is 1. The standard InChI is InChI=1S/C20H21N/c1-20(2,3)19-14-17(21-16-10-5-4-6-11-16)13-15-9-7-8-12-18(15)19/h4-14,21H,1-3H3. The van der Waals surface area contributed by atoms with Crippen LogP contribution in [0.15, 0.2) is 66.7 Å². The summed E-state index contributed by atoms with van der Waals surface area (Å²) in [5.41, 5.74) is 3.75. The Labute approximate surface area is 126 Å². The lowest BCUT2D eigenvalue weighted by Gasteiger charge is -2.23. The third kappa shape index (κ3) is 2.92. The quantitative estimate of drug-likeness (QED) is 0.615. The van der Waals surface area contributed by atoms with E-state index < -0.39 is 0 Å². The van der Waals surface area contributed by atoms with Crippen molar-refractivity contribution in [3.05, 3.63) is 72.3 Å². The first-order chi connectivity index (χ1) is 10.0. The molecular weight excluding hydrogens is 254 g/mol. The molecule has 0 spiro atoms. The fourth-order valence-corrected chi connectivity index (χ4v) is 2.69. The molecule has 1 nitrogen and oxygen atoms in total. The highest BCUT2D eigenvalue weighted by molar-refractivity contribution is 5.90. The third-order valence-electron chi connectivity index (χ3n) is 3.73. The second kappa shape index (κ2) is 5.25.